The van der Waals surface area contributed by atoms with Crippen LogP contribution in [0.3, 0.4) is 0 Å². The van der Waals surface area contributed by atoms with E-state index in [0.29, 0.717) is 5.56 Å². The fraction of sp³-hybridized carbons (Fsp3) is 0. The Bertz CT molecular complexity index is 686. The molecule has 1 aromatic carbocycles. The van der Waals surface area contributed by atoms with E-state index in [0.717, 1.165) is 21.9 Å². The summed E-state index contributed by atoms with van der Waals surface area (Å²) in [5.41, 5.74) is 2.26. The van der Waals surface area contributed by atoms with Crippen LogP contribution in [0.1, 0.15) is 10.4 Å². The summed E-state index contributed by atoms with van der Waals surface area (Å²) in [6.45, 7) is 0. The second kappa shape index (κ2) is 3.59. The summed E-state index contributed by atoms with van der Waals surface area (Å²) in [6, 6.07) is 17.5. The van der Waals surface area contributed by atoms with E-state index in [1.807, 2.05) is 42.5 Å². The Morgan fingerprint density at radius 3 is 2.29 bits per heavy atom. The zero-order chi connectivity index (χ0) is 11.8. The van der Waals surface area contributed by atoms with Crippen molar-refractivity contribution in [1.82, 2.24) is 0 Å². The Morgan fingerprint density at radius 1 is 0.824 bits per heavy atom. The highest BCUT2D eigenvalue weighted by atomic mass is 16.4. The quantitative estimate of drug-likeness (QED) is 0.682. The summed E-state index contributed by atoms with van der Waals surface area (Å²) in [5, 5.41) is 11.2. The molecule has 0 amide bonds. The van der Waals surface area contributed by atoms with E-state index in [2.05, 4.69) is 0 Å². The van der Waals surface area contributed by atoms with Gasteiger partial charge in [-0.25, -0.2) is 4.79 Å². The van der Waals surface area contributed by atoms with Gasteiger partial charge in [-0.15, -0.1) is 0 Å². The first-order valence-corrected chi connectivity index (χ1v) is 5.40. The van der Waals surface area contributed by atoms with Gasteiger partial charge < -0.3 is 5.11 Å². The van der Waals surface area contributed by atoms with Crippen molar-refractivity contribution in [3.05, 3.63) is 60.2 Å². The van der Waals surface area contributed by atoms with Crippen LogP contribution in [0.15, 0.2) is 54.6 Å². The van der Waals surface area contributed by atoms with E-state index < -0.39 is 5.97 Å². The largest absolute Gasteiger partial charge is 0.478 e. The number of hydrogen-bond acceptors (Lipinski definition) is 1. The fourth-order valence-corrected chi connectivity index (χ4v) is 2.08. The van der Waals surface area contributed by atoms with Crippen LogP contribution >= 0.6 is 0 Å². The lowest BCUT2D eigenvalue weighted by Crippen LogP contribution is -1.91. The third kappa shape index (κ3) is 1.64. The van der Waals surface area contributed by atoms with Gasteiger partial charge in [0.05, 0.1) is 5.56 Å². The van der Waals surface area contributed by atoms with Gasteiger partial charge in [0.15, 0.2) is 0 Å². The van der Waals surface area contributed by atoms with E-state index in [9.17, 15) is 4.79 Å². The van der Waals surface area contributed by atoms with Crippen LogP contribution in [-0.4, -0.2) is 11.1 Å². The van der Waals surface area contributed by atoms with Crippen LogP contribution in [0.2, 0.25) is 0 Å². The summed E-state index contributed by atoms with van der Waals surface area (Å²) < 4.78 is 0. The fourth-order valence-electron chi connectivity index (χ4n) is 2.08. The molecular weight excluding hydrogens is 212 g/mol. The number of fused-ring (bicyclic) bond motifs is 2. The van der Waals surface area contributed by atoms with Crippen LogP contribution in [0.25, 0.3) is 21.9 Å². The number of hydrogen-bond donors (Lipinski definition) is 1. The van der Waals surface area contributed by atoms with Gasteiger partial charge in [-0.2, -0.15) is 0 Å². The third-order valence-corrected chi connectivity index (χ3v) is 2.95. The topological polar surface area (TPSA) is 37.3 Å². The molecule has 0 saturated heterocycles. The molecule has 2 aliphatic carbocycles. The SMILES string of the molecule is O=C(O)c1cc2ccc3ccccc3cc-2c1. The summed E-state index contributed by atoms with van der Waals surface area (Å²) in [6.07, 6.45) is 0. The predicted octanol–water partition coefficient (Wildman–Crippen LogP) is 3.64. The van der Waals surface area contributed by atoms with Crippen molar-refractivity contribution in [3.63, 3.8) is 0 Å². The molecule has 0 aromatic heterocycles. The second-order valence-corrected chi connectivity index (χ2v) is 4.07. The van der Waals surface area contributed by atoms with Gasteiger partial charge in [0.2, 0.25) is 0 Å². The molecule has 1 N–H and O–H groups in total. The van der Waals surface area contributed by atoms with Crippen LogP contribution in [-0.2, 0) is 0 Å². The van der Waals surface area contributed by atoms with Crippen LogP contribution < -0.4 is 0 Å². The molecule has 0 heterocycles. The van der Waals surface area contributed by atoms with Gasteiger partial charge in [-0.3, -0.25) is 0 Å². The lowest BCUT2D eigenvalue weighted by Gasteiger charge is -1.90. The average Bonchev–Trinajstić information content (AvgIpc) is 2.64. The second-order valence-electron chi connectivity index (χ2n) is 4.07. The highest BCUT2D eigenvalue weighted by Crippen LogP contribution is 2.28. The molecule has 3 rings (SSSR count). The number of aromatic carboxylic acids is 1. The van der Waals surface area contributed by atoms with Gasteiger partial charge in [-0.05, 0) is 40.1 Å². The minimum Gasteiger partial charge on any atom is -0.478 e. The summed E-state index contributed by atoms with van der Waals surface area (Å²) in [5.74, 6) is -0.881. The maximum absolute atomic E-state index is 10.9. The molecular formula is C15H10O2. The van der Waals surface area contributed by atoms with Crippen molar-refractivity contribution < 1.29 is 9.90 Å². The molecule has 1 aromatic rings. The summed E-state index contributed by atoms with van der Waals surface area (Å²) in [4.78, 5) is 10.9. The van der Waals surface area contributed by atoms with Crippen molar-refractivity contribution in [2.45, 2.75) is 0 Å². The smallest absolute Gasteiger partial charge is 0.335 e. The molecule has 0 radical (unpaired) electrons. The van der Waals surface area contributed by atoms with Crippen LogP contribution in [0.5, 0.6) is 0 Å². The Balaban J connectivity index is 2.34. The first-order chi connectivity index (χ1) is 8.24. The number of carbonyl (C=O) groups is 1. The van der Waals surface area contributed by atoms with E-state index >= 15 is 0 Å². The molecule has 2 aliphatic rings. The molecule has 0 unspecified atom stereocenters. The summed E-state index contributed by atoms with van der Waals surface area (Å²) >= 11 is 0. The molecule has 82 valence electrons. The van der Waals surface area contributed by atoms with E-state index in [-0.39, 0.29) is 0 Å². The van der Waals surface area contributed by atoms with Gasteiger partial charge in [-0.1, -0.05) is 36.4 Å². The zero-order valence-corrected chi connectivity index (χ0v) is 9.05. The van der Waals surface area contributed by atoms with E-state index in [1.165, 1.54) is 0 Å². The highest BCUT2D eigenvalue weighted by molar-refractivity contribution is 5.95. The molecule has 0 spiro atoms. The molecule has 0 bridgehead atoms. The zero-order valence-electron chi connectivity index (χ0n) is 9.05. The molecule has 0 saturated carbocycles. The Hall–Kier alpha value is -2.35. The third-order valence-electron chi connectivity index (χ3n) is 2.95. The number of carboxylic acid groups (broad SMARTS) is 1. The first-order valence-electron chi connectivity index (χ1n) is 5.40. The minimum absolute atomic E-state index is 0.343. The standard InChI is InChI=1S/C15H10O2/c16-15(17)14-8-12-6-5-10-3-1-2-4-11(10)7-13(12)9-14/h1-9H,(H,16,17). The maximum atomic E-state index is 10.9. The molecule has 0 aliphatic heterocycles. The Labute approximate surface area is 98.5 Å². The number of rotatable bonds is 1. The normalized spacial score (nSPS) is 10.8. The van der Waals surface area contributed by atoms with E-state index in [4.69, 9.17) is 5.11 Å². The van der Waals surface area contributed by atoms with Gasteiger partial charge in [0, 0.05) is 0 Å². The molecule has 0 fully saturated rings. The van der Waals surface area contributed by atoms with Crippen molar-refractivity contribution in [1.29, 1.82) is 0 Å². The first kappa shape index (κ1) is 9.85. The van der Waals surface area contributed by atoms with Gasteiger partial charge in [0.1, 0.15) is 0 Å². The van der Waals surface area contributed by atoms with Crippen molar-refractivity contribution >= 4 is 16.7 Å². The lowest BCUT2D eigenvalue weighted by atomic mass is 10.1. The van der Waals surface area contributed by atoms with Crippen molar-refractivity contribution in [2.75, 3.05) is 0 Å². The lowest BCUT2D eigenvalue weighted by molar-refractivity contribution is 0.0697. The van der Waals surface area contributed by atoms with Crippen molar-refractivity contribution in [2.24, 2.45) is 0 Å². The highest BCUT2D eigenvalue weighted by Gasteiger charge is 2.10. The average molecular weight is 222 g/mol. The number of carboxylic acids is 1. The van der Waals surface area contributed by atoms with Crippen LogP contribution in [0.4, 0.5) is 0 Å². The van der Waals surface area contributed by atoms with Gasteiger partial charge in [0.25, 0.3) is 0 Å². The Kier molecular flexibility index (Phi) is 2.08. The monoisotopic (exact) mass is 222 g/mol. The van der Waals surface area contributed by atoms with Crippen molar-refractivity contribution in [3.8, 4) is 11.1 Å². The Morgan fingerprint density at radius 2 is 1.53 bits per heavy atom. The minimum atomic E-state index is -0.881. The number of benzene rings is 1. The van der Waals surface area contributed by atoms with Crippen LogP contribution in [0, 0.1) is 0 Å². The van der Waals surface area contributed by atoms with Gasteiger partial charge >= 0.3 is 5.97 Å². The summed E-state index contributed by atoms with van der Waals surface area (Å²) in [7, 11) is 0. The molecule has 0 atom stereocenters. The predicted molar refractivity (Wildman–Crippen MR) is 67.5 cm³/mol. The maximum Gasteiger partial charge on any atom is 0.335 e. The molecule has 17 heavy (non-hydrogen) atoms. The molecule has 2 nitrogen and oxygen atoms in total. The van der Waals surface area contributed by atoms with E-state index in [1.54, 1.807) is 12.1 Å². The molecule has 2 heteroatoms.